The van der Waals surface area contributed by atoms with Crippen molar-refractivity contribution >= 4 is 60.0 Å². The molecule has 27 heteroatoms. The Hall–Kier alpha value is -5.78. The van der Waals surface area contributed by atoms with Gasteiger partial charge in [-0.1, -0.05) is 23.6 Å². The number of hydrogen-bond acceptors (Lipinski definition) is 10. The minimum Gasteiger partial charge on any atom is -0.346 e. The van der Waals surface area contributed by atoms with Crippen molar-refractivity contribution in [3.05, 3.63) is 93.0 Å². The number of aromatic nitrogens is 5. The van der Waals surface area contributed by atoms with E-state index in [-0.39, 0.29) is 50.9 Å². The molecule has 3 aromatic heterocycles. The van der Waals surface area contributed by atoms with Gasteiger partial charge in [-0.3, -0.25) is 19.0 Å². The summed E-state index contributed by atoms with van der Waals surface area (Å²) >= 11 is 6.64. The van der Waals surface area contributed by atoms with Crippen LogP contribution in [0, 0.1) is 35.3 Å². The quantitative estimate of drug-likeness (QED) is 0.0998. The summed E-state index contributed by atoms with van der Waals surface area (Å²) < 4.78 is 198. The summed E-state index contributed by atoms with van der Waals surface area (Å²) in [4.78, 5) is 32.4. The SMILES string of the molecule is CC(C)(C#Cc1ccc(-c2ccc(Cl)c3c(N(C(=O)C4CNC4)S(C)(=O)=O)nn(CC(F)(F)F)c23)c([C@H](Cc2cc(F)cc(F)c2)NC(=O)Cn2nc(C(F)(F)F)c3c2C(F)(F)[C@@H]2C[C@H]32)n1)S(C)(=O)=O. The van der Waals surface area contributed by atoms with Crippen molar-refractivity contribution in [1.29, 1.82) is 0 Å². The first kappa shape index (κ1) is 50.6. The number of anilines is 1. The van der Waals surface area contributed by atoms with Gasteiger partial charge in [-0.05, 0) is 74.4 Å². The Kier molecular flexibility index (Phi) is 12.4. The van der Waals surface area contributed by atoms with Gasteiger partial charge in [0.05, 0.1) is 39.8 Å². The van der Waals surface area contributed by atoms with Crippen molar-refractivity contribution in [2.24, 2.45) is 11.8 Å². The standard InChI is InChI=1S/C43H37ClF10N8O6S2/c1-40(2,69(3,65)66)10-9-24-5-6-25(26-7-8-29(44)33-35(26)61(19-41(47,48)49)59-38(33)62(70(4,67)68)39(64)21-16-55-17-21)34(56-24)30(13-20-11-22(45)14-23(46)12-20)57-31(63)18-60-37-32(36(58-60)43(52,53)54)27-15-28(27)42(37,50)51/h5-8,11-12,14,21,27-28,30,55H,13,15-19H2,1-4H3,(H,57,63)/t27-,28+,30-/m0/s1. The molecule has 0 unspecified atom stereocenters. The summed E-state index contributed by atoms with van der Waals surface area (Å²) in [7, 11) is -8.55. The number of pyridine rings is 1. The number of nitrogens with zero attached hydrogens (tertiary/aromatic N) is 6. The molecule has 1 saturated heterocycles. The molecule has 14 nitrogen and oxygen atoms in total. The van der Waals surface area contributed by atoms with Crippen molar-refractivity contribution in [2.75, 3.05) is 29.9 Å². The lowest BCUT2D eigenvalue weighted by Crippen LogP contribution is -2.53. The van der Waals surface area contributed by atoms with Crippen molar-refractivity contribution in [1.82, 2.24) is 35.2 Å². The Labute approximate surface area is 396 Å². The van der Waals surface area contributed by atoms with E-state index in [9.17, 15) is 61.5 Å². The molecule has 0 bridgehead atoms. The second-order valence-electron chi connectivity index (χ2n) is 17.7. The summed E-state index contributed by atoms with van der Waals surface area (Å²) in [6.45, 7) is -0.693. The van der Waals surface area contributed by atoms with Crippen molar-refractivity contribution in [2.45, 2.75) is 74.8 Å². The summed E-state index contributed by atoms with van der Waals surface area (Å²) in [5.74, 6) is -7.79. The lowest BCUT2D eigenvalue weighted by atomic mass is 9.93. The van der Waals surface area contributed by atoms with E-state index in [2.05, 4.69) is 37.7 Å². The Balaban J connectivity index is 1.36. The largest absolute Gasteiger partial charge is 0.435 e. The van der Waals surface area contributed by atoms with E-state index in [1.165, 1.54) is 26.0 Å². The van der Waals surface area contributed by atoms with Gasteiger partial charge in [0, 0.05) is 48.0 Å². The average molecular weight is 1050 g/mol. The molecule has 0 radical (unpaired) electrons. The summed E-state index contributed by atoms with van der Waals surface area (Å²) in [6, 6.07) is 4.98. The molecule has 70 heavy (non-hydrogen) atoms. The number of benzene rings is 2. The van der Waals surface area contributed by atoms with Crippen LogP contribution in [0.15, 0.2) is 42.5 Å². The van der Waals surface area contributed by atoms with Gasteiger partial charge in [-0.25, -0.2) is 30.6 Å². The van der Waals surface area contributed by atoms with Gasteiger partial charge in [0.15, 0.2) is 21.3 Å². The molecule has 8 rings (SSSR count). The van der Waals surface area contributed by atoms with Crippen LogP contribution >= 0.6 is 11.6 Å². The highest BCUT2D eigenvalue weighted by Gasteiger charge is 2.68. The van der Waals surface area contributed by atoms with E-state index >= 15 is 8.78 Å². The second kappa shape index (κ2) is 17.2. The van der Waals surface area contributed by atoms with Crippen LogP contribution < -0.4 is 14.9 Å². The van der Waals surface area contributed by atoms with Crippen LogP contribution in [-0.2, 0) is 61.1 Å². The van der Waals surface area contributed by atoms with E-state index in [1.807, 2.05) is 0 Å². The topological polar surface area (TPSA) is 178 Å². The Morgan fingerprint density at radius 3 is 2.17 bits per heavy atom. The van der Waals surface area contributed by atoms with Crippen molar-refractivity contribution in [3.63, 3.8) is 0 Å². The van der Waals surface area contributed by atoms with Crippen LogP contribution in [0.2, 0.25) is 5.02 Å². The van der Waals surface area contributed by atoms with E-state index in [0.29, 0.717) is 17.0 Å². The molecule has 2 N–H and O–H groups in total. The minimum absolute atomic E-state index is 0.00875. The van der Waals surface area contributed by atoms with Crippen LogP contribution in [0.4, 0.5) is 49.7 Å². The lowest BCUT2D eigenvalue weighted by Gasteiger charge is -2.30. The molecule has 2 fully saturated rings. The number of sulfonamides is 1. The zero-order valence-corrected chi connectivity index (χ0v) is 39.1. The third kappa shape index (κ3) is 9.56. The third-order valence-corrected chi connectivity index (χ3v) is 15.4. The van der Waals surface area contributed by atoms with E-state index in [4.69, 9.17) is 11.6 Å². The summed E-state index contributed by atoms with van der Waals surface area (Å²) in [5, 5.41) is 11.7. The van der Waals surface area contributed by atoms with E-state index in [1.54, 1.807) is 0 Å². The van der Waals surface area contributed by atoms with Gasteiger partial charge in [-0.2, -0.15) is 49.6 Å². The molecule has 1 aliphatic heterocycles. The molecular weight excluding hydrogens is 1010 g/mol. The molecule has 2 aliphatic carbocycles. The van der Waals surface area contributed by atoms with Crippen LogP contribution in [0.5, 0.6) is 0 Å². The Morgan fingerprint density at radius 2 is 1.60 bits per heavy atom. The number of carbonyl (C=O) groups is 2. The molecule has 5 aromatic rings. The highest BCUT2D eigenvalue weighted by molar-refractivity contribution is 7.93. The van der Waals surface area contributed by atoms with E-state index in [0.717, 1.165) is 30.5 Å². The molecule has 4 heterocycles. The van der Waals surface area contributed by atoms with Gasteiger partial charge in [0.25, 0.3) is 5.92 Å². The minimum atomic E-state index is -5.21. The first-order valence-corrected chi connectivity index (χ1v) is 24.9. The monoisotopic (exact) mass is 1050 g/mol. The molecule has 3 atom stereocenters. The molecule has 374 valence electrons. The van der Waals surface area contributed by atoms with Crippen LogP contribution in [0.3, 0.4) is 0 Å². The summed E-state index contributed by atoms with van der Waals surface area (Å²) in [6.07, 6.45) is -9.74. The number of sulfone groups is 1. The van der Waals surface area contributed by atoms with Crippen LogP contribution in [0.25, 0.3) is 22.0 Å². The first-order valence-electron chi connectivity index (χ1n) is 20.8. The van der Waals surface area contributed by atoms with Gasteiger partial charge < -0.3 is 10.6 Å². The van der Waals surface area contributed by atoms with Crippen molar-refractivity contribution in [3.8, 4) is 23.0 Å². The Morgan fingerprint density at radius 1 is 0.957 bits per heavy atom. The van der Waals surface area contributed by atoms with Gasteiger partial charge in [0.2, 0.25) is 21.8 Å². The molecule has 1 saturated carbocycles. The van der Waals surface area contributed by atoms with Crippen molar-refractivity contribution < 1.29 is 70.3 Å². The predicted octanol–water partition coefficient (Wildman–Crippen LogP) is 6.80. The maximum absolute atomic E-state index is 15.6. The average Bonchev–Trinajstić information content (AvgIpc) is 3.70. The van der Waals surface area contributed by atoms with Crippen LogP contribution in [-0.4, -0.2) is 89.7 Å². The molecule has 0 spiro atoms. The van der Waals surface area contributed by atoms with E-state index < -0.39 is 154 Å². The van der Waals surface area contributed by atoms with Gasteiger partial charge >= 0.3 is 12.4 Å². The van der Waals surface area contributed by atoms with Gasteiger partial charge in [-0.15, -0.1) is 0 Å². The number of hydrogen-bond donors (Lipinski definition) is 2. The predicted molar refractivity (Wildman–Crippen MR) is 231 cm³/mol. The fraction of sp³-hybridized carbons (Fsp3) is 0.419. The maximum Gasteiger partial charge on any atom is 0.435 e. The first-order chi connectivity index (χ1) is 32.3. The summed E-state index contributed by atoms with van der Waals surface area (Å²) in [5.41, 5.74) is -5.62. The second-order valence-corrected chi connectivity index (χ2v) is 22.5. The highest BCUT2D eigenvalue weighted by atomic mass is 35.5. The van der Waals surface area contributed by atoms with Gasteiger partial charge in [0.1, 0.15) is 40.9 Å². The fourth-order valence-corrected chi connectivity index (χ4v) is 9.85. The lowest BCUT2D eigenvalue weighted by molar-refractivity contribution is -0.143. The third-order valence-electron chi connectivity index (χ3n) is 12.2. The zero-order chi connectivity index (χ0) is 51.4. The number of halogens is 11. The normalized spacial score (nSPS) is 18.4. The number of alkyl halides is 8. The number of fused-ring (bicyclic) bond motifs is 4. The maximum atomic E-state index is 15.6. The highest BCUT2D eigenvalue weighted by Crippen LogP contribution is 2.68. The molecule has 3 aliphatic rings. The number of carbonyl (C=O) groups excluding carboxylic acids is 2. The smallest absolute Gasteiger partial charge is 0.346 e. The zero-order valence-electron chi connectivity index (χ0n) is 36.7. The number of amides is 2. The molecule has 2 aromatic carbocycles. The molecular formula is C43H37ClF10N8O6S2. The Bertz CT molecular complexity index is 3290. The fourth-order valence-electron chi connectivity index (χ4n) is 8.45. The molecule has 2 amide bonds. The number of rotatable bonds is 12. The van der Waals surface area contributed by atoms with Crippen LogP contribution in [0.1, 0.15) is 66.1 Å². The number of nitrogens with one attached hydrogen (secondary N) is 2.